The molecular weight excluding hydrogens is 272 g/mol. The predicted molar refractivity (Wildman–Crippen MR) is 79.5 cm³/mol. The van der Waals surface area contributed by atoms with Crippen molar-refractivity contribution in [3.05, 3.63) is 64.7 Å². The topological polar surface area (TPSA) is 32.7 Å². The average molecular weight is 283 g/mol. The van der Waals surface area contributed by atoms with Crippen LogP contribution in [0.3, 0.4) is 0 Å². The van der Waals surface area contributed by atoms with Gasteiger partial charge in [0.15, 0.2) is 0 Å². The SMILES string of the molecule is CN1C(=O)C2(N=C2c2ccc(Cl)cc2)c2ccccc21. The van der Waals surface area contributed by atoms with Gasteiger partial charge in [-0.05, 0) is 23.8 Å². The van der Waals surface area contributed by atoms with Crippen LogP contribution in [0.25, 0.3) is 0 Å². The normalized spacial score (nSPS) is 23.0. The van der Waals surface area contributed by atoms with Crippen molar-refractivity contribution in [2.45, 2.75) is 5.54 Å². The van der Waals surface area contributed by atoms with Crippen molar-refractivity contribution in [3.63, 3.8) is 0 Å². The molecule has 98 valence electrons. The highest BCUT2D eigenvalue weighted by molar-refractivity contribution is 6.36. The summed E-state index contributed by atoms with van der Waals surface area (Å²) in [6.07, 6.45) is 0. The van der Waals surface area contributed by atoms with Gasteiger partial charge >= 0.3 is 0 Å². The highest BCUT2D eigenvalue weighted by Gasteiger charge is 2.62. The fourth-order valence-corrected chi connectivity index (χ4v) is 3.02. The lowest BCUT2D eigenvalue weighted by Gasteiger charge is -2.09. The van der Waals surface area contributed by atoms with E-state index in [9.17, 15) is 4.79 Å². The molecule has 2 aromatic rings. The van der Waals surface area contributed by atoms with Crippen LogP contribution < -0.4 is 4.90 Å². The second-order valence-corrected chi connectivity index (χ2v) is 5.50. The number of fused-ring (bicyclic) bond motifs is 2. The third-order valence-electron chi connectivity index (χ3n) is 3.96. The zero-order valence-corrected chi connectivity index (χ0v) is 11.6. The van der Waals surface area contributed by atoms with E-state index in [1.807, 2.05) is 48.5 Å². The molecule has 0 saturated carbocycles. The number of hydrogen-bond acceptors (Lipinski definition) is 2. The first kappa shape index (κ1) is 11.7. The minimum atomic E-state index is -0.792. The maximum absolute atomic E-state index is 12.6. The number of para-hydroxylation sites is 1. The van der Waals surface area contributed by atoms with E-state index < -0.39 is 5.54 Å². The van der Waals surface area contributed by atoms with Gasteiger partial charge in [0, 0.05) is 23.3 Å². The third kappa shape index (κ3) is 1.30. The highest BCUT2D eigenvalue weighted by Crippen LogP contribution is 2.52. The predicted octanol–water partition coefficient (Wildman–Crippen LogP) is 3.01. The summed E-state index contributed by atoms with van der Waals surface area (Å²) in [6.45, 7) is 0. The van der Waals surface area contributed by atoms with Gasteiger partial charge in [-0.1, -0.05) is 41.9 Å². The second kappa shape index (κ2) is 3.70. The molecule has 2 aliphatic rings. The highest BCUT2D eigenvalue weighted by atomic mass is 35.5. The number of anilines is 1. The number of carbonyl (C=O) groups is 1. The summed E-state index contributed by atoms with van der Waals surface area (Å²) in [5.41, 5.74) is 2.89. The standard InChI is InChI=1S/C16H11ClN2O/c1-19-13-5-3-2-4-12(13)16(15(19)20)14(18-16)10-6-8-11(17)9-7-10/h2-9H,1H3. The number of rotatable bonds is 1. The van der Waals surface area contributed by atoms with Crippen LogP contribution in [0.2, 0.25) is 5.02 Å². The number of hydrogen-bond donors (Lipinski definition) is 0. The Hall–Kier alpha value is -2.13. The van der Waals surface area contributed by atoms with Crippen LogP contribution in [0, 0.1) is 0 Å². The molecule has 0 saturated heterocycles. The lowest BCUT2D eigenvalue weighted by Crippen LogP contribution is -2.32. The number of halogens is 1. The minimum absolute atomic E-state index is 0.0173. The number of carbonyl (C=O) groups excluding carboxylic acids is 1. The molecule has 0 aromatic heterocycles. The molecule has 0 radical (unpaired) electrons. The van der Waals surface area contributed by atoms with Gasteiger partial charge in [0.25, 0.3) is 5.91 Å². The molecule has 4 rings (SSSR count). The number of likely N-dealkylation sites (N-methyl/N-ethyl adjacent to an activating group) is 1. The first-order valence-electron chi connectivity index (χ1n) is 6.38. The minimum Gasteiger partial charge on any atom is -0.312 e. The summed E-state index contributed by atoms with van der Waals surface area (Å²) in [5.74, 6) is 0.0173. The van der Waals surface area contributed by atoms with Crippen LogP contribution in [-0.4, -0.2) is 18.7 Å². The number of aliphatic imine (C=N–C) groups is 1. The summed E-state index contributed by atoms with van der Waals surface area (Å²) in [5, 5.41) is 0.680. The van der Waals surface area contributed by atoms with Gasteiger partial charge in [0.05, 0.1) is 5.71 Å². The fraction of sp³-hybridized carbons (Fsp3) is 0.125. The Labute approximate surface area is 121 Å². The van der Waals surface area contributed by atoms with Crippen molar-refractivity contribution in [3.8, 4) is 0 Å². The van der Waals surface area contributed by atoms with Crippen molar-refractivity contribution < 1.29 is 4.79 Å². The first-order valence-corrected chi connectivity index (χ1v) is 6.76. The second-order valence-electron chi connectivity index (χ2n) is 5.06. The van der Waals surface area contributed by atoms with Gasteiger partial charge in [-0.3, -0.25) is 9.79 Å². The summed E-state index contributed by atoms with van der Waals surface area (Å²) >= 11 is 5.91. The summed E-state index contributed by atoms with van der Waals surface area (Å²) in [6, 6.07) is 15.3. The molecule has 1 atom stereocenters. The monoisotopic (exact) mass is 282 g/mol. The van der Waals surface area contributed by atoms with Crippen molar-refractivity contribution in [2.75, 3.05) is 11.9 Å². The van der Waals surface area contributed by atoms with Gasteiger partial charge in [0.2, 0.25) is 5.54 Å². The Morgan fingerprint density at radius 3 is 2.55 bits per heavy atom. The molecule has 1 spiro atoms. The van der Waals surface area contributed by atoms with Crippen LogP contribution >= 0.6 is 11.6 Å². The van der Waals surface area contributed by atoms with Gasteiger partial charge in [-0.25, -0.2) is 0 Å². The Morgan fingerprint density at radius 2 is 1.80 bits per heavy atom. The van der Waals surface area contributed by atoms with E-state index in [2.05, 4.69) is 4.99 Å². The van der Waals surface area contributed by atoms with E-state index in [1.54, 1.807) is 11.9 Å². The third-order valence-corrected chi connectivity index (χ3v) is 4.21. The lowest BCUT2D eigenvalue weighted by molar-refractivity contribution is -0.119. The largest absolute Gasteiger partial charge is 0.312 e. The van der Waals surface area contributed by atoms with E-state index in [1.165, 1.54) is 0 Å². The Morgan fingerprint density at radius 1 is 1.10 bits per heavy atom. The smallest absolute Gasteiger partial charge is 0.265 e. The summed E-state index contributed by atoms with van der Waals surface area (Å²) < 4.78 is 0. The molecule has 2 heterocycles. The molecule has 2 aliphatic heterocycles. The molecule has 0 fully saturated rings. The van der Waals surface area contributed by atoms with Crippen LogP contribution in [0.4, 0.5) is 5.69 Å². The van der Waals surface area contributed by atoms with E-state index in [0.29, 0.717) is 5.02 Å². The van der Waals surface area contributed by atoms with Gasteiger partial charge in [0.1, 0.15) is 0 Å². The molecule has 1 unspecified atom stereocenters. The number of nitrogens with zero attached hydrogens (tertiary/aromatic N) is 2. The van der Waals surface area contributed by atoms with Crippen LogP contribution in [0.5, 0.6) is 0 Å². The summed E-state index contributed by atoms with van der Waals surface area (Å²) in [7, 11) is 1.79. The molecular formula is C16H11ClN2O. The maximum atomic E-state index is 12.6. The van der Waals surface area contributed by atoms with Gasteiger partial charge in [-0.2, -0.15) is 0 Å². The van der Waals surface area contributed by atoms with Gasteiger partial charge in [-0.15, -0.1) is 0 Å². The van der Waals surface area contributed by atoms with Crippen molar-refractivity contribution in [1.29, 1.82) is 0 Å². The Balaban J connectivity index is 1.82. The first-order chi connectivity index (χ1) is 9.64. The van der Waals surface area contributed by atoms with Crippen molar-refractivity contribution in [1.82, 2.24) is 0 Å². The zero-order valence-electron chi connectivity index (χ0n) is 10.8. The molecule has 1 amide bonds. The van der Waals surface area contributed by atoms with Gasteiger partial charge < -0.3 is 4.90 Å². The number of amides is 1. The van der Waals surface area contributed by atoms with Crippen molar-refractivity contribution >= 4 is 28.9 Å². The molecule has 3 nitrogen and oxygen atoms in total. The molecule has 0 aliphatic carbocycles. The molecule has 20 heavy (non-hydrogen) atoms. The lowest BCUT2D eigenvalue weighted by atomic mass is 9.92. The van der Waals surface area contributed by atoms with Crippen LogP contribution in [0.15, 0.2) is 53.5 Å². The maximum Gasteiger partial charge on any atom is 0.265 e. The molecule has 2 aromatic carbocycles. The summed E-state index contributed by atoms with van der Waals surface area (Å²) in [4.78, 5) is 18.8. The van der Waals surface area contributed by atoms with E-state index >= 15 is 0 Å². The van der Waals surface area contributed by atoms with Crippen molar-refractivity contribution in [2.24, 2.45) is 4.99 Å². The molecule has 0 bridgehead atoms. The van der Waals surface area contributed by atoms with E-state index in [-0.39, 0.29) is 5.91 Å². The zero-order chi connectivity index (χ0) is 13.9. The van der Waals surface area contributed by atoms with Crippen LogP contribution in [0.1, 0.15) is 11.1 Å². The Kier molecular flexibility index (Phi) is 2.16. The quantitative estimate of drug-likeness (QED) is 0.791. The van der Waals surface area contributed by atoms with E-state index in [4.69, 9.17) is 11.6 Å². The molecule has 4 heteroatoms. The fourth-order valence-electron chi connectivity index (χ4n) is 2.90. The number of benzene rings is 2. The molecule has 0 N–H and O–H groups in total. The van der Waals surface area contributed by atoms with Crippen LogP contribution in [-0.2, 0) is 10.3 Å². The average Bonchev–Trinajstić information content (AvgIpc) is 3.19. The van der Waals surface area contributed by atoms with E-state index in [0.717, 1.165) is 22.5 Å². The Bertz CT molecular complexity index is 766.